The van der Waals surface area contributed by atoms with Crippen molar-refractivity contribution < 1.29 is 14.7 Å². The normalized spacial score (nSPS) is 9.79. The average molecular weight is 213 g/mol. The van der Waals surface area contributed by atoms with Gasteiger partial charge < -0.3 is 10.0 Å². The van der Waals surface area contributed by atoms with Gasteiger partial charge in [-0.05, 0) is 11.4 Å². The van der Waals surface area contributed by atoms with Crippen LogP contribution in [0.15, 0.2) is 17.5 Å². The number of nitrogens with zero attached hydrogens (tertiary/aromatic N) is 1. The zero-order valence-corrected chi connectivity index (χ0v) is 8.58. The Bertz CT molecular complexity index is 321. The summed E-state index contributed by atoms with van der Waals surface area (Å²) < 4.78 is 0. The maximum absolute atomic E-state index is 11.4. The van der Waals surface area contributed by atoms with Crippen molar-refractivity contribution in [1.29, 1.82) is 0 Å². The van der Waals surface area contributed by atoms with Crippen molar-refractivity contribution in [2.24, 2.45) is 0 Å². The van der Waals surface area contributed by atoms with Crippen molar-refractivity contribution in [3.63, 3.8) is 0 Å². The summed E-state index contributed by atoms with van der Waals surface area (Å²) in [5, 5.41) is 10.4. The van der Waals surface area contributed by atoms with Crippen molar-refractivity contribution in [2.75, 3.05) is 13.6 Å². The Morgan fingerprint density at radius 3 is 2.79 bits per heavy atom. The van der Waals surface area contributed by atoms with Gasteiger partial charge in [0, 0.05) is 20.0 Å². The molecule has 1 heterocycles. The lowest BCUT2D eigenvalue weighted by Gasteiger charge is -2.10. The lowest BCUT2D eigenvalue weighted by molar-refractivity contribution is 0.0971. The monoisotopic (exact) mass is 213 g/mol. The first kappa shape index (κ1) is 10.7. The Hall–Kier alpha value is -1.36. The number of Topliss-reactive ketones (excluding diaryl/α,β-unsaturated/α-hetero) is 1. The molecule has 0 saturated carbocycles. The van der Waals surface area contributed by atoms with E-state index in [0.29, 0.717) is 4.88 Å². The molecule has 0 bridgehead atoms. The molecule has 0 fully saturated rings. The molecular formula is C9H11NO3S. The number of carbonyl (C=O) groups excluding carboxylic acids is 1. The maximum Gasteiger partial charge on any atom is 0.407 e. The van der Waals surface area contributed by atoms with E-state index in [9.17, 15) is 9.59 Å². The molecule has 1 aromatic rings. The van der Waals surface area contributed by atoms with Gasteiger partial charge in [0.1, 0.15) is 0 Å². The van der Waals surface area contributed by atoms with Crippen LogP contribution in [0.5, 0.6) is 0 Å². The van der Waals surface area contributed by atoms with Gasteiger partial charge in [0.25, 0.3) is 0 Å². The van der Waals surface area contributed by atoms with Crippen LogP contribution in [0.2, 0.25) is 0 Å². The molecule has 0 radical (unpaired) electrons. The summed E-state index contributed by atoms with van der Waals surface area (Å²) in [7, 11) is 1.45. The van der Waals surface area contributed by atoms with Crippen LogP contribution in [0.4, 0.5) is 4.79 Å². The largest absolute Gasteiger partial charge is 0.465 e. The van der Waals surface area contributed by atoms with Crippen molar-refractivity contribution >= 4 is 23.2 Å². The molecule has 0 aliphatic heterocycles. The van der Waals surface area contributed by atoms with E-state index in [1.54, 1.807) is 12.1 Å². The highest BCUT2D eigenvalue weighted by Gasteiger charge is 2.10. The first-order chi connectivity index (χ1) is 6.61. The predicted molar refractivity (Wildman–Crippen MR) is 53.9 cm³/mol. The molecule has 76 valence electrons. The van der Waals surface area contributed by atoms with E-state index in [1.807, 2.05) is 5.38 Å². The Morgan fingerprint density at radius 2 is 2.29 bits per heavy atom. The molecule has 5 heteroatoms. The Labute approximate surface area is 85.8 Å². The highest BCUT2D eigenvalue weighted by molar-refractivity contribution is 7.12. The van der Waals surface area contributed by atoms with Gasteiger partial charge in [0.05, 0.1) is 4.88 Å². The topological polar surface area (TPSA) is 57.6 Å². The molecule has 0 aromatic carbocycles. The van der Waals surface area contributed by atoms with Gasteiger partial charge >= 0.3 is 6.09 Å². The summed E-state index contributed by atoms with van der Waals surface area (Å²) in [6.07, 6.45) is -0.771. The SMILES string of the molecule is CN(CCC(=O)c1cccs1)C(=O)O. The van der Waals surface area contributed by atoms with E-state index in [-0.39, 0.29) is 18.7 Å². The van der Waals surface area contributed by atoms with E-state index in [4.69, 9.17) is 5.11 Å². The lowest BCUT2D eigenvalue weighted by atomic mass is 10.2. The smallest absolute Gasteiger partial charge is 0.407 e. The molecule has 1 N–H and O–H groups in total. The first-order valence-electron chi connectivity index (χ1n) is 4.12. The molecule has 0 aliphatic carbocycles. The second-order valence-electron chi connectivity index (χ2n) is 2.85. The van der Waals surface area contributed by atoms with E-state index in [0.717, 1.165) is 4.90 Å². The number of hydrogen-bond donors (Lipinski definition) is 1. The highest BCUT2D eigenvalue weighted by Crippen LogP contribution is 2.11. The van der Waals surface area contributed by atoms with Gasteiger partial charge in [0.15, 0.2) is 5.78 Å². The number of carbonyl (C=O) groups is 2. The summed E-state index contributed by atoms with van der Waals surface area (Å²) in [4.78, 5) is 23.6. The molecule has 0 spiro atoms. The summed E-state index contributed by atoms with van der Waals surface area (Å²) in [5.74, 6) is -0.00639. The summed E-state index contributed by atoms with van der Waals surface area (Å²) in [5.41, 5.74) is 0. The van der Waals surface area contributed by atoms with Gasteiger partial charge in [0.2, 0.25) is 0 Å². The minimum absolute atomic E-state index is 0.00639. The van der Waals surface area contributed by atoms with Crippen LogP contribution in [-0.4, -0.2) is 35.5 Å². The second-order valence-corrected chi connectivity index (χ2v) is 3.80. The van der Waals surface area contributed by atoms with Crippen molar-refractivity contribution in [2.45, 2.75) is 6.42 Å². The third-order valence-corrected chi connectivity index (χ3v) is 2.71. The lowest BCUT2D eigenvalue weighted by Crippen LogP contribution is -2.27. The minimum Gasteiger partial charge on any atom is -0.465 e. The van der Waals surface area contributed by atoms with Gasteiger partial charge in [-0.1, -0.05) is 6.07 Å². The molecule has 0 unspecified atom stereocenters. The average Bonchev–Trinajstić information content (AvgIpc) is 2.66. The van der Waals surface area contributed by atoms with Crippen molar-refractivity contribution in [3.8, 4) is 0 Å². The second kappa shape index (κ2) is 4.76. The number of thiophene rings is 1. The zero-order valence-electron chi connectivity index (χ0n) is 7.77. The molecule has 1 rings (SSSR count). The number of rotatable bonds is 4. The Kier molecular flexibility index (Phi) is 3.64. The molecule has 1 amide bonds. The van der Waals surface area contributed by atoms with E-state index < -0.39 is 6.09 Å². The standard InChI is InChI=1S/C9H11NO3S/c1-10(9(12)13)5-4-7(11)8-3-2-6-14-8/h2-3,6H,4-5H2,1H3,(H,12,13). The molecule has 0 atom stereocenters. The first-order valence-corrected chi connectivity index (χ1v) is 5.00. The van der Waals surface area contributed by atoms with E-state index in [2.05, 4.69) is 0 Å². The van der Waals surface area contributed by atoms with Gasteiger partial charge in [-0.3, -0.25) is 4.79 Å². The van der Waals surface area contributed by atoms with E-state index in [1.165, 1.54) is 18.4 Å². The molecule has 14 heavy (non-hydrogen) atoms. The molecule has 0 aliphatic rings. The van der Waals surface area contributed by atoms with Crippen molar-refractivity contribution in [1.82, 2.24) is 4.90 Å². The molecule has 0 saturated heterocycles. The molecule has 1 aromatic heterocycles. The number of carboxylic acid groups (broad SMARTS) is 1. The highest BCUT2D eigenvalue weighted by atomic mass is 32.1. The van der Waals surface area contributed by atoms with Gasteiger partial charge in [-0.15, -0.1) is 11.3 Å². The summed E-state index contributed by atoms with van der Waals surface area (Å²) >= 11 is 1.38. The Morgan fingerprint density at radius 1 is 1.57 bits per heavy atom. The Balaban J connectivity index is 2.40. The van der Waals surface area contributed by atoms with Crippen LogP contribution < -0.4 is 0 Å². The fourth-order valence-electron chi connectivity index (χ4n) is 0.925. The zero-order chi connectivity index (χ0) is 10.6. The number of ketones is 1. The third kappa shape index (κ3) is 2.85. The van der Waals surface area contributed by atoms with Crippen LogP contribution in [-0.2, 0) is 0 Å². The van der Waals surface area contributed by atoms with E-state index >= 15 is 0 Å². The van der Waals surface area contributed by atoms with Crippen LogP contribution >= 0.6 is 11.3 Å². The fourth-order valence-corrected chi connectivity index (χ4v) is 1.62. The minimum atomic E-state index is -1.01. The molecule has 4 nitrogen and oxygen atoms in total. The van der Waals surface area contributed by atoms with Gasteiger partial charge in [-0.2, -0.15) is 0 Å². The van der Waals surface area contributed by atoms with Crippen molar-refractivity contribution in [3.05, 3.63) is 22.4 Å². The third-order valence-electron chi connectivity index (χ3n) is 1.80. The van der Waals surface area contributed by atoms with Gasteiger partial charge in [-0.25, -0.2) is 4.79 Å². The number of hydrogen-bond acceptors (Lipinski definition) is 3. The summed E-state index contributed by atoms with van der Waals surface area (Å²) in [6.45, 7) is 0.242. The van der Waals surface area contributed by atoms with Crippen LogP contribution in [0.25, 0.3) is 0 Å². The van der Waals surface area contributed by atoms with Crippen LogP contribution in [0.3, 0.4) is 0 Å². The summed E-state index contributed by atoms with van der Waals surface area (Å²) in [6, 6.07) is 3.55. The number of amides is 1. The maximum atomic E-state index is 11.4. The predicted octanol–water partition coefficient (Wildman–Crippen LogP) is 1.93. The van der Waals surface area contributed by atoms with Crippen LogP contribution in [0.1, 0.15) is 16.1 Å². The quantitative estimate of drug-likeness (QED) is 0.777. The fraction of sp³-hybridized carbons (Fsp3) is 0.333. The van der Waals surface area contributed by atoms with Crippen LogP contribution in [0, 0.1) is 0 Å². The molecular weight excluding hydrogens is 202 g/mol.